The van der Waals surface area contributed by atoms with E-state index in [1.165, 1.54) is 11.8 Å². The van der Waals surface area contributed by atoms with Crippen molar-refractivity contribution >= 4 is 46.3 Å². The Balaban J connectivity index is 1.59. The van der Waals surface area contributed by atoms with Crippen molar-refractivity contribution in [2.75, 3.05) is 13.2 Å². The Morgan fingerprint density at radius 3 is 2.57 bits per heavy atom. The molecule has 4 rings (SSSR count). The van der Waals surface area contributed by atoms with Crippen LogP contribution in [-0.2, 0) is 9.59 Å². The molecule has 0 saturated carbocycles. The van der Waals surface area contributed by atoms with E-state index >= 15 is 0 Å². The number of thioether (sulfide) groups is 1. The van der Waals surface area contributed by atoms with E-state index in [0.717, 1.165) is 34.7 Å². The summed E-state index contributed by atoms with van der Waals surface area (Å²) in [5.41, 5.74) is 3.33. The van der Waals surface area contributed by atoms with E-state index in [1.807, 2.05) is 66.9 Å². The standard InChI is InChI=1S/C28H27N3O4S2/c1-2-17-35-23-14-12-20(13-15-23)26-21(19-31(29-26)22-9-5-3-6-10-22)18-24-27(34)30(28(36)37-24)16-8-4-7-11-25(32)33/h2-3,5-6,9-10,12-15,18-19H,1,4,7-8,11,16-17H2,(H,32,33)/b24-18-. The summed E-state index contributed by atoms with van der Waals surface area (Å²) in [4.78, 5) is 26.0. The molecule has 1 fully saturated rings. The topological polar surface area (TPSA) is 84.7 Å². The van der Waals surface area contributed by atoms with Crippen LogP contribution in [0.25, 0.3) is 23.0 Å². The lowest BCUT2D eigenvalue weighted by Crippen LogP contribution is -2.29. The van der Waals surface area contributed by atoms with Gasteiger partial charge in [-0.3, -0.25) is 14.5 Å². The predicted octanol–water partition coefficient (Wildman–Crippen LogP) is 5.95. The van der Waals surface area contributed by atoms with Crippen molar-refractivity contribution in [3.05, 3.63) is 83.9 Å². The molecule has 9 heteroatoms. The minimum Gasteiger partial charge on any atom is -0.490 e. The van der Waals surface area contributed by atoms with Crippen LogP contribution in [0.4, 0.5) is 0 Å². The number of carbonyl (C=O) groups excluding carboxylic acids is 1. The average Bonchev–Trinajstić information content (AvgIpc) is 3.44. The van der Waals surface area contributed by atoms with Crippen molar-refractivity contribution in [2.45, 2.75) is 25.7 Å². The van der Waals surface area contributed by atoms with Gasteiger partial charge in [0, 0.05) is 30.3 Å². The molecule has 0 radical (unpaired) electrons. The van der Waals surface area contributed by atoms with Gasteiger partial charge in [0.15, 0.2) is 0 Å². The fourth-order valence-corrected chi connectivity index (χ4v) is 5.15. The predicted molar refractivity (Wildman–Crippen MR) is 151 cm³/mol. The van der Waals surface area contributed by atoms with Gasteiger partial charge in [-0.1, -0.05) is 61.3 Å². The highest BCUT2D eigenvalue weighted by atomic mass is 32.2. The van der Waals surface area contributed by atoms with E-state index in [0.29, 0.717) is 35.2 Å². The molecule has 1 saturated heterocycles. The Morgan fingerprint density at radius 2 is 1.86 bits per heavy atom. The zero-order valence-electron chi connectivity index (χ0n) is 20.2. The lowest BCUT2D eigenvalue weighted by Gasteiger charge is -2.13. The maximum atomic E-state index is 13.2. The molecular formula is C28H27N3O4S2. The number of aromatic nitrogens is 2. The van der Waals surface area contributed by atoms with Crippen LogP contribution in [0.1, 0.15) is 31.2 Å². The third-order valence-electron chi connectivity index (χ3n) is 5.69. The highest BCUT2D eigenvalue weighted by Gasteiger charge is 2.32. The van der Waals surface area contributed by atoms with Gasteiger partial charge in [0.05, 0.1) is 16.3 Å². The number of unbranched alkanes of at least 4 members (excludes halogenated alkanes) is 2. The number of rotatable bonds is 12. The minimum atomic E-state index is -0.806. The number of carboxylic acids is 1. The van der Waals surface area contributed by atoms with Gasteiger partial charge in [-0.25, -0.2) is 4.68 Å². The molecule has 0 atom stereocenters. The highest BCUT2D eigenvalue weighted by molar-refractivity contribution is 8.26. The molecule has 0 aliphatic carbocycles. The van der Waals surface area contributed by atoms with E-state index in [4.69, 9.17) is 27.2 Å². The van der Waals surface area contributed by atoms with Crippen LogP contribution in [0.5, 0.6) is 5.75 Å². The average molecular weight is 534 g/mol. The number of para-hydroxylation sites is 1. The Kier molecular flexibility index (Phi) is 8.92. The summed E-state index contributed by atoms with van der Waals surface area (Å²) < 4.78 is 7.91. The first-order valence-corrected chi connectivity index (χ1v) is 13.1. The Labute approximate surface area is 225 Å². The minimum absolute atomic E-state index is 0.133. The van der Waals surface area contributed by atoms with Crippen LogP contribution in [0, 0.1) is 0 Å². The van der Waals surface area contributed by atoms with Gasteiger partial charge in [0.25, 0.3) is 5.91 Å². The van der Waals surface area contributed by atoms with Gasteiger partial charge in [-0.05, 0) is 55.3 Å². The second kappa shape index (κ2) is 12.5. The van der Waals surface area contributed by atoms with E-state index in [-0.39, 0.29) is 12.3 Å². The van der Waals surface area contributed by atoms with Crippen molar-refractivity contribution in [2.24, 2.45) is 0 Å². The number of amides is 1. The van der Waals surface area contributed by atoms with Gasteiger partial charge in [-0.2, -0.15) is 5.10 Å². The lowest BCUT2D eigenvalue weighted by atomic mass is 10.1. The molecule has 1 N–H and O–H groups in total. The number of aliphatic carboxylic acids is 1. The SMILES string of the molecule is C=CCOc1ccc(-c2nn(-c3ccccc3)cc2/C=C2\SC(=S)N(CCCCCC(=O)O)C2=O)cc1. The summed E-state index contributed by atoms with van der Waals surface area (Å²) in [5.74, 6) is -0.212. The quantitative estimate of drug-likeness (QED) is 0.133. The van der Waals surface area contributed by atoms with E-state index in [1.54, 1.807) is 15.7 Å². The Hall–Kier alpha value is -3.69. The zero-order chi connectivity index (χ0) is 26.2. The molecule has 3 aromatic rings. The van der Waals surface area contributed by atoms with Crippen LogP contribution < -0.4 is 4.74 Å². The molecule has 190 valence electrons. The summed E-state index contributed by atoms with van der Waals surface area (Å²) in [5, 5.41) is 13.6. The third-order valence-corrected chi connectivity index (χ3v) is 7.07. The summed E-state index contributed by atoms with van der Waals surface area (Å²) >= 11 is 6.75. The second-order valence-electron chi connectivity index (χ2n) is 8.37. The summed E-state index contributed by atoms with van der Waals surface area (Å²) in [7, 11) is 0. The second-order valence-corrected chi connectivity index (χ2v) is 10.1. The highest BCUT2D eigenvalue weighted by Crippen LogP contribution is 2.35. The van der Waals surface area contributed by atoms with Crippen LogP contribution in [0.2, 0.25) is 0 Å². The lowest BCUT2D eigenvalue weighted by molar-refractivity contribution is -0.137. The number of carbonyl (C=O) groups is 2. The number of benzene rings is 2. The molecule has 0 bridgehead atoms. The number of hydrogen-bond acceptors (Lipinski definition) is 6. The number of nitrogens with zero attached hydrogens (tertiary/aromatic N) is 3. The molecule has 1 aliphatic rings. The summed E-state index contributed by atoms with van der Waals surface area (Å²) in [6.45, 7) is 4.57. The van der Waals surface area contributed by atoms with Crippen molar-refractivity contribution in [1.29, 1.82) is 0 Å². The van der Waals surface area contributed by atoms with Gasteiger partial charge >= 0.3 is 5.97 Å². The first-order chi connectivity index (χ1) is 18.0. The van der Waals surface area contributed by atoms with Crippen molar-refractivity contribution in [3.8, 4) is 22.7 Å². The molecule has 1 amide bonds. The van der Waals surface area contributed by atoms with Gasteiger partial charge in [0.1, 0.15) is 16.7 Å². The van der Waals surface area contributed by atoms with E-state index < -0.39 is 5.97 Å². The molecule has 7 nitrogen and oxygen atoms in total. The van der Waals surface area contributed by atoms with Crippen molar-refractivity contribution < 1.29 is 19.4 Å². The Morgan fingerprint density at radius 1 is 1.11 bits per heavy atom. The summed E-state index contributed by atoms with van der Waals surface area (Å²) in [6, 6.07) is 17.4. The van der Waals surface area contributed by atoms with Gasteiger partial charge in [0.2, 0.25) is 0 Å². The van der Waals surface area contributed by atoms with E-state index in [2.05, 4.69) is 6.58 Å². The van der Waals surface area contributed by atoms with E-state index in [9.17, 15) is 9.59 Å². The molecule has 2 aromatic carbocycles. The molecule has 37 heavy (non-hydrogen) atoms. The molecule has 0 unspecified atom stereocenters. The molecule has 0 spiro atoms. The first kappa shape index (κ1) is 26.4. The van der Waals surface area contributed by atoms with Crippen LogP contribution in [-0.4, -0.2) is 49.1 Å². The number of carboxylic acid groups (broad SMARTS) is 1. The summed E-state index contributed by atoms with van der Waals surface area (Å²) in [6.07, 6.45) is 7.58. The van der Waals surface area contributed by atoms with Crippen molar-refractivity contribution in [3.63, 3.8) is 0 Å². The fourth-order valence-electron chi connectivity index (χ4n) is 3.85. The maximum absolute atomic E-state index is 13.2. The monoisotopic (exact) mass is 533 g/mol. The molecule has 2 heterocycles. The largest absolute Gasteiger partial charge is 0.490 e. The third kappa shape index (κ3) is 6.75. The van der Waals surface area contributed by atoms with Crippen LogP contribution >= 0.6 is 24.0 Å². The number of hydrogen-bond donors (Lipinski definition) is 1. The van der Waals surface area contributed by atoms with Crippen LogP contribution in [0.3, 0.4) is 0 Å². The Bertz CT molecular complexity index is 1320. The smallest absolute Gasteiger partial charge is 0.303 e. The number of thiocarbonyl (C=S) groups is 1. The normalized spacial score (nSPS) is 14.4. The first-order valence-electron chi connectivity index (χ1n) is 11.9. The number of ether oxygens (including phenoxy) is 1. The maximum Gasteiger partial charge on any atom is 0.303 e. The van der Waals surface area contributed by atoms with Gasteiger partial charge < -0.3 is 9.84 Å². The van der Waals surface area contributed by atoms with Gasteiger partial charge in [-0.15, -0.1) is 0 Å². The van der Waals surface area contributed by atoms with Crippen LogP contribution in [0.15, 0.2) is 78.4 Å². The molecular weight excluding hydrogens is 506 g/mol. The molecule has 1 aromatic heterocycles. The fraction of sp³-hybridized carbons (Fsp3) is 0.214. The zero-order valence-corrected chi connectivity index (χ0v) is 21.8. The van der Waals surface area contributed by atoms with Crippen molar-refractivity contribution in [1.82, 2.24) is 14.7 Å². The molecule has 1 aliphatic heterocycles.